The fourth-order valence-corrected chi connectivity index (χ4v) is 0. The first-order valence-corrected chi connectivity index (χ1v) is 4.35. The molecule has 6 nitrogen and oxygen atoms in total. The Kier molecular flexibility index (Phi) is 16.5. The molecule has 0 saturated heterocycles. The summed E-state index contributed by atoms with van der Waals surface area (Å²) in [5.74, 6) is 0. The van der Waals surface area contributed by atoms with E-state index in [1.54, 1.807) is 0 Å². The molecule has 12 heavy (non-hydrogen) atoms. The fraction of sp³-hybridized carbons (Fsp3) is 1.00. The largest absolute Gasteiger partial charge is 0.331 e. The monoisotopic (exact) mass is 204 g/mol. The van der Waals surface area contributed by atoms with Gasteiger partial charge in [-0.15, -0.1) is 0 Å². The Morgan fingerprint density at radius 2 is 1.25 bits per heavy atom. The van der Waals surface area contributed by atoms with Crippen LogP contribution in [0, 0.1) is 10.2 Å². The minimum atomic E-state index is -4.69. The lowest BCUT2D eigenvalue weighted by molar-refractivity contribution is -1.92. The SMILES string of the molecule is CCN.CN(C)C.[O-][Cl+3]([O-])([O-])O. The number of hydrogen-bond donors (Lipinski definition) is 2. The van der Waals surface area contributed by atoms with Crippen LogP contribution in [0.1, 0.15) is 6.92 Å². The summed E-state index contributed by atoms with van der Waals surface area (Å²) < 4.78 is 32.7. The third-order valence-electron chi connectivity index (χ3n) is 0. The molecule has 7 heteroatoms. The standard InChI is InChI=1S/C3H9N.C2H7N.ClHO4/c1-4(2)3;1-2-3;2-1(3,4)5/h1-3H3;2-3H2,1H3;(H,2,3,4,5). The lowest BCUT2D eigenvalue weighted by atomic mass is 10.8. The zero-order chi connectivity index (χ0) is 10.8. The average molecular weight is 205 g/mol. The molecule has 0 aromatic carbocycles. The summed E-state index contributed by atoms with van der Waals surface area (Å²) in [6.45, 7) is 2.65. The molecular weight excluding hydrogens is 188 g/mol. The molecular formula is C5H17ClN2O4. The van der Waals surface area contributed by atoms with E-state index >= 15 is 0 Å². The first-order valence-electron chi connectivity index (χ1n) is 3.09. The van der Waals surface area contributed by atoms with Gasteiger partial charge in [-0.1, -0.05) is 6.92 Å². The van der Waals surface area contributed by atoms with Crippen molar-refractivity contribution in [2.24, 2.45) is 5.73 Å². The van der Waals surface area contributed by atoms with Crippen LogP contribution in [0.3, 0.4) is 0 Å². The Morgan fingerprint density at radius 3 is 1.25 bits per heavy atom. The van der Waals surface area contributed by atoms with E-state index in [1.165, 1.54) is 0 Å². The lowest BCUT2D eigenvalue weighted by Gasteiger charge is -2.03. The average Bonchev–Trinajstić information content (AvgIpc) is 1.56. The molecule has 0 radical (unpaired) electrons. The van der Waals surface area contributed by atoms with E-state index < -0.39 is 10.2 Å². The first kappa shape index (κ1) is 18.0. The van der Waals surface area contributed by atoms with Crippen LogP contribution < -0.4 is 19.7 Å². The van der Waals surface area contributed by atoms with E-state index in [4.69, 9.17) is 24.4 Å². The number of nitrogens with zero attached hydrogens (tertiary/aromatic N) is 1. The molecule has 0 aromatic rings. The maximum atomic E-state index is 8.60. The maximum absolute atomic E-state index is 8.60. The van der Waals surface area contributed by atoms with Crippen molar-refractivity contribution in [3.8, 4) is 0 Å². The van der Waals surface area contributed by atoms with Gasteiger partial charge in [-0.3, -0.25) is 0 Å². The van der Waals surface area contributed by atoms with Crippen molar-refractivity contribution in [2.45, 2.75) is 6.92 Å². The second-order valence-corrected chi connectivity index (χ2v) is 2.94. The molecule has 0 fully saturated rings. The Hall–Kier alpha value is 0.0500. The molecule has 0 spiro atoms. The summed E-state index contributed by atoms with van der Waals surface area (Å²) in [6.07, 6.45) is 0. The van der Waals surface area contributed by atoms with Crippen LogP contribution >= 0.6 is 0 Å². The zero-order valence-electron chi connectivity index (χ0n) is 7.78. The minimum absolute atomic E-state index is 0.750. The quantitative estimate of drug-likeness (QED) is 0.415. The van der Waals surface area contributed by atoms with E-state index in [2.05, 4.69) is 0 Å². The molecule has 78 valence electrons. The topological polar surface area (TPSA) is 119 Å². The molecule has 0 atom stereocenters. The van der Waals surface area contributed by atoms with Crippen molar-refractivity contribution in [3.63, 3.8) is 0 Å². The molecule has 0 heterocycles. The Labute approximate surface area is 74.9 Å². The normalized spacial score (nSPS) is 9.50. The summed E-state index contributed by atoms with van der Waals surface area (Å²) in [4.78, 5) is 2.00. The van der Waals surface area contributed by atoms with Crippen LogP contribution in [-0.4, -0.2) is 37.2 Å². The van der Waals surface area contributed by atoms with Crippen LogP contribution in [0.2, 0.25) is 0 Å². The lowest BCUT2D eigenvalue weighted by Crippen LogP contribution is -2.58. The highest BCUT2D eigenvalue weighted by atomic mass is 35.7. The first-order chi connectivity index (χ1) is 5.15. The van der Waals surface area contributed by atoms with Crippen LogP contribution in [0.5, 0.6) is 0 Å². The zero-order valence-corrected chi connectivity index (χ0v) is 8.54. The van der Waals surface area contributed by atoms with Gasteiger partial charge in [0.2, 0.25) is 0 Å². The Balaban J connectivity index is -0.000000105. The number of rotatable bonds is 0. The van der Waals surface area contributed by atoms with E-state index in [0.29, 0.717) is 0 Å². The highest BCUT2D eigenvalue weighted by molar-refractivity contribution is 4.09. The predicted molar refractivity (Wildman–Crippen MR) is 36.6 cm³/mol. The Bertz CT molecular complexity index is 67.6. The predicted octanol–water partition coefficient (Wildman–Crippen LogP) is -3.98. The van der Waals surface area contributed by atoms with Crippen molar-refractivity contribution < 1.29 is 28.9 Å². The van der Waals surface area contributed by atoms with Crippen molar-refractivity contribution in [3.05, 3.63) is 0 Å². The van der Waals surface area contributed by atoms with Crippen molar-refractivity contribution in [1.82, 2.24) is 4.90 Å². The van der Waals surface area contributed by atoms with E-state index in [1.807, 2.05) is 33.0 Å². The summed E-state index contributed by atoms with van der Waals surface area (Å²) in [5.41, 5.74) is 4.85. The van der Waals surface area contributed by atoms with Gasteiger partial charge in [0.1, 0.15) is 0 Å². The third kappa shape index (κ3) is 329000. The second-order valence-electron chi connectivity index (χ2n) is 2.15. The van der Waals surface area contributed by atoms with E-state index in [-0.39, 0.29) is 0 Å². The molecule has 0 aliphatic rings. The summed E-state index contributed by atoms with van der Waals surface area (Å²) in [5, 5.41) is 0. The van der Waals surface area contributed by atoms with Gasteiger partial charge in [-0.2, -0.15) is 14.0 Å². The number of nitrogens with two attached hydrogens (primary N) is 1. The van der Waals surface area contributed by atoms with Gasteiger partial charge in [0.05, 0.1) is 14.9 Å². The molecule has 0 bridgehead atoms. The minimum Gasteiger partial charge on any atom is -0.331 e. The second kappa shape index (κ2) is 11.1. The van der Waals surface area contributed by atoms with Gasteiger partial charge >= 0.3 is 0 Å². The molecule has 0 amide bonds. The van der Waals surface area contributed by atoms with Crippen LogP contribution in [0.25, 0.3) is 0 Å². The van der Waals surface area contributed by atoms with E-state index in [9.17, 15) is 0 Å². The van der Waals surface area contributed by atoms with E-state index in [0.717, 1.165) is 6.54 Å². The summed E-state index contributed by atoms with van der Waals surface area (Å²) in [7, 11) is 1.31. The van der Waals surface area contributed by atoms with Gasteiger partial charge < -0.3 is 10.6 Å². The van der Waals surface area contributed by atoms with Crippen molar-refractivity contribution >= 4 is 0 Å². The molecule has 0 aromatic heterocycles. The van der Waals surface area contributed by atoms with Crippen LogP contribution in [0.15, 0.2) is 0 Å². The smallest absolute Gasteiger partial charge is 0.0777 e. The third-order valence-corrected chi connectivity index (χ3v) is 0. The van der Waals surface area contributed by atoms with Crippen LogP contribution in [0.4, 0.5) is 0 Å². The summed E-state index contributed by atoms with van der Waals surface area (Å²) in [6, 6.07) is 0. The highest BCUT2D eigenvalue weighted by Gasteiger charge is 1.98. The molecule has 0 aliphatic carbocycles. The maximum Gasteiger partial charge on any atom is 0.0777 e. The molecule has 0 unspecified atom stereocenters. The fourth-order valence-electron chi connectivity index (χ4n) is 0. The van der Waals surface area contributed by atoms with Gasteiger partial charge in [0.15, 0.2) is 0 Å². The summed E-state index contributed by atoms with van der Waals surface area (Å²) >= 11 is 0. The van der Waals surface area contributed by atoms with Gasteiger partial charge in [0.25, 0.3) is 0 Å². The van der Waals surface area contributed by atoms with Gasteiger partial charge in [-0.05, 0) is 27.7 Å². The molecule has 0 aliphatic heterocycles. The number of hydrogen-bond acceptors (Lipinski definition) is 6. The van der Waals surface area contributed by atoms with Gasteiger partial charge in [-0.25, -0.2) is 0 Å². The van der Waals surface area contributed by atoms with Crippen LogP contribution in [-0.2, 0) is 0 Å². The molecule has 0 rings (SSSR count). The van der Waals surface area contributed by atoms with Crippen molar-refractivity contribution in [2.75, 3.05) is 27.7 Å². The molecule has 0 saturated carbocycles. The Morgan fingerprint density at radius 1 is 1.25 bits per heavy atom. The van der Waals surface area contributed by atoms with Gasteiger partial charge in [0, 0.05) is 0 Å². The highest BCUT2D eigenvalue weighted by Crippen LogP contribution is 1.60. The van der Waals surface area contributed by atoms with Crippen molar-refractivity contribution in [1.29, 1.82) is 0 Å². The molecule has 3 N–H and O–H groups in total. The number of halogens is 1.